The van der Waals surface area contributed by atoms with E-state index in [9.17, 15) is 15.0 Å². The topological polar surface area (TPSA) is 88.0 Å². The summed E-state index contributed by atoms with van der Waals surface area (Å²) in [5, 5.41) is 23.1. The zero-order valence-corrected chi connectivity index (χ0v) is 18.0. The van der Waals surface area contributed by atoms with E-state index in [1.54, 1.807) is 63.2 Å². The van der Waals surface area contributed by atoms with Gasteiger partial charge in [-0.15, -0.1) is 0 Å². The summed E-state index contributed by atoms with van der Waals surface area (Å²) in [6.07, 6.45) is -0.513. The fraction of sp³-hybridized carbons (Fsp3) is 0.381. The maximum absolute atomic E-state index is 12.1. The molecule has 0 spiro atoms. The maximum Gasteiger partial charge on any atom is 0.408 e. The van der Waals surface area contributed by atoms with Crippen LogP contribution >= 0.6 is 23.2 Å². The van der Waals surface area contributed by atoms with E-state index in [-0.39, 0.29) is 6.42 Å². The number of carbonyl (C=O) groups is 1. The van der Waals surface area contributed by atoms with Crippen molar-refractivity contribution in [1.29, 1.82) is 0 Å². The summed E-state index contributed by atoms with van der Waals surface area (Å²) in [4.78, 5) is 12.1. The Labute approximate surface area is 180 Å². The van der Waals surface area contributed by atoms with E-state index in [0.29, 0.717) is 21.5 Å². The van der Waals surface area contributed by atoms with Gasteiger partial charge in [-0.2, -0.15) is 0 Å². The van der Waals surface area contributed by atoms with Gasteiger partial charge in [0.05, 0.1) is 18.8 Å². The quantitative estimate of drug-likeness (QED) is 0.585. The molecule has 0 aliphatic heterocycles. The third-order valence-electron chi connectivity index (χ3n) is 3.91. The summed E-state index contributed by atoms with van der Waals surface area (Å²) in [7, 11) is 0. The Balaban J connectivity index is 2.09. The summed E-state index contributed by atoms with van der Waals surface area (Å²) in [6, 6.07) is 11.9. The highest BCUT2D eigenvalue weighted by atomic mass is 35.5. The molecule has 0 saturated carbocycles. The highest BCUT2D eigenvalue weighted by Crippen LogP contribution is 2.29. The first-order chi connectivity index (χ1) is 13.5. The van der Waals surface area contributed by atoms with E-state index in [2.05, 4.69) is 5.32 Å². The van der Waals surface area contributed by atoms with Crippen LogP contribution in [-0.2, 0) is 11.2 Å². The van der Waals surface area contributed by atoms with Gasteiger partial charge in [0.25, 0.3) is 0 Å². The number of hydrogen-bond acceptors (Lipinski definition) is 5. The highest BCUT2D eigenvalue weighted by Gasteiger charge is 2.33. The van der Waals surface area contributed by atoms with Gasteiger partial charge < -0.3 is 25.0 Å². The minimum atomic E-state index is -1.26. The number of nitrogens with one attached hydrogen (secondary N) is 1. The Kier molecular flexibility index (Phi) is 7.77. The maximum atomic E-state index is 12.1. The lowest BCUT2D eigenvalue weighted by Gasteiger charge is -2.32. The number of alkyl carbamates (subject to hydrolysis) is 1. The van der Waals surface area contributed by atoms with E-state index < -0.39 is 30.4 Å². The molecule has 0 heterocycles. The molecule has 1 amide bonds. The molecule has 2 aromatic rings. The normalized spacial score (nSPS) is 11.8. The van der Waals surface area contributed by atoms with Crippen molar-refractivity contribution in [3.05, 3.63) is 58.1 Å². The van der Waals surface area contributed by atoms with Gasteiger partial charge in [-0.05, 0) is 56.7 Å². The lowest BCUT2D eigenvalue weighted by Crippen LogP contribution is -2.56. The predicted molar refractivity (Wildman–Crippen MR) is 113 cm³/mol. The molecule has 29 heavy (non-hydrogen) atoms. The lowest BCUT2D eigenvalue weighted by atomic mass is 9.92. The Morgan fingerprint density at radius 1 is 0.966 bits per heavy atom. The number of ether oxygens (including phenoxy) is 2. The molecule has 6 nitrogen and oxygen atoms in total. The molecule has 0 bridgehead atoms. The average Bonchev–Trinajstić information content (AvgIpc) is 2.60. The average molecular weight is 442 g/mol. The van der Waals surface area contributed by atoms with E-state index in [1.165, 1.54) is 0 Å². The molecule has 3 N–H and O–H groups in total. The number of aliphatic hydroxyl groups is 2. The van der Waals surface area contributed by atoms with Crippen molar-refractivity contribution in [2.45, 2.75) is 38.3 Å². The molecular formula is C21H25Cl2NO5. The zero-order chi connectivity index (χ0) is 21.7. The summed E-state index contributed by atoms with van der Waals surface area (Å²) in [5.74, 6) is 1.06. The van der Waals surface area contributed by atoms with Gasteiger partial charge in [0.15, 0.2) is 0 Å². The number of carbonyl (C=O) groups excluding carboxylic acids is 1. The van der Waals surface area contributed by atoms with Crippen LogP contribution < -0.4 is 10.1 Å². The van der Waals surface area contributed by atoms with Crippen LogP contribution in [0.5, 0.6) is 11.5 Å². The van der Waals surface area contributed by atoms with Gasteiger partial charge in [0, 0.05) is 16.5 Å². The number of rotatable bonds is 7. The van der Waals surface area contributed by atoms with Gasteiger partial charge in [-0.1, -0.05) is 35.3 Å². The van der Waals surface area contributed by atoms with Gasteiger partial charge in [-0.3, -0.25) is 0 Å². The Hall–Kier alpha value is -1.99. The van der Waals surface area contributed by atoms with E-state index in [4.69, 9.17) is 32.7 Å². The second-order valence-electron chi connectivity index (χ2n) is 7.75. The predicted octanol–water partition coefficient (Wildman–Crippen LogP) is 4.58. The Bertz CT molecular complexity index is 810. The molecule has 0 aliphatic rings. The van der Waals surface area contributed by atoms with Crippen molar-refractivity contribution in [3.8, 4) is 11.5 Å². The van der Waals surface area contributed by atoms with Crippen LogP contribution in [0.3, 0.4) is 0 Å². The van der Waals surface area contributed by atoms with Crippen molar-refractivity contribution in [2.24, 2.45) is 0 Å². The van der Waals surface area contributed by atoms with Crippen molar-refractivity contribution >= 4 is 29.3 Å². The molecular weight excluding hydrogens is 417 g/mol. The number of halogens is 2. The molecule has 0 aromatic heterocycles. The summed E-state index contributed by atoms with van der Waals surface area (Å²) in [5.41, 5.74) is -1.17. The first-order valence-electron chi connectivity index (χ1n) is 9.00. The van der Waals surface area contributed by atoms with Gasteiger partial charge in [0.1, 0.15) is 17.1 Å². The Morgan fingerprint density at radius 3 is 2.00 bits per heavy atom. The number of amides is 1. The fourth-order valence-corrected chi connectivity index (χ4v) is 3.10. The summed E-state index contributed by atoms with van der Waals surface area (Å²) in [6.45, 7) is 4.29. The highest BCUT2D eigenvalue weighted by molar-refractivity contribution is 6.34. The molecule has 2 aromatic carbocycles. The second-order valence-corrected chi connectivity index (χ2v) is 8.62. The minimum absolute atomic E-state index is 0.197. The van der Waals surface area contributed by atoms with Crippen LogP contribution in [0.4, 0.5) is 4.79 Å². The van der Waals surface area contributed by atoms with Crippen LogP contribution in [0.2, 0.25) is 10.0 Å². The second kappa shape index (κ2) is 9.67. The summed E-state index contributed by atoms with van der Waals surface area (Å²) >= 11 is 11.9. The third kappa shape index (κ3) is 7.40. The van der Waals surface area contributed by atoms with Crippen LogP contribution in [0, 0.1) is 0 Å². The van der Waals surface area contributed by atoms with Crippen LogP contribution in [0.1, 0.15) is 26.3 Å². The van der Waals surface area contributed by atoms with Crippen LogP contribution in [0.15, 0.2) is 42.5 Å². The largest absolute Gasteiger partial charge is 0.457 e. The van der Waals surface area contributed by atoms with E-state index >= 15 is 0 Å². The van der Waals surface area contributed by atoms with Crippen LogP contribution in [-0.4, -0.2) is 40.7 Å². The summed E-state index contributed by atoms with van der Waals surface area (Å²) < 4.78 is 11.0. The minimum Gasteiger partial charge on any atom is -0.457 e. The SMILES string of the molecule is CC(C)(C)OC(=O)NC(CO)(CO)Cc1ccc(Oc2cc(Cl)cc(Cl)c2)cc1. The van der Waals surface area contributed by atoms with Crippen molar-refractivity contribution in [3.63, 3.8) is 0 Å². The first-order valence-corrected chi connectivity index (χ1v) is 9.75. The van der Waals surface area contributed by atoms with Gasteiger partial charge in [0.2, 0.25) is 0 Å². The fourth-order valence-electron chi connectivity index (χ4n) is 2.59. The van der Waals surface area contributed by atoms with Crippen molar-refractivity contribution < 1.29 is 24.5 Å². The number of aliphatic hydroxyl groups excluding tert-OH is 2. The number of hydrogen-bond donors (Lipinski definition) is 3. The molecule has 8 heteroatoms. The monoisotopic (exact) mass is 441 g/mol. The molecule has 0 radical (unpaired) electrons. The standard InChI is InChI=1S/C21H25Cl2NO5/c1-20(2,3)29-19(27)24-21(12-25,13-26)11-14-4-6-17(7-5-14)28-18-9-15(22)8-16(23)10-18/h4-10,25-26H,11-13H2,1-3H3,(H,24,27). The molecule has 2 rings (SSSR count). The number of benzene rings is 2. The lowest BCUT2D eigenvalue weighted by molar-refractivity contribution is 0.0295. The molecule has 0 atom stereocenters. The molecule has 0 unspecified atom stereocenters. The third-order valence-corrected chi connectivity index (χ3v) is 4.35. The first kappa shape index (κ1) is 23.3. The molecule has 0 aliphatic carbocycles. The van der Waals surface area contributed by atoms with E-state index in [0.717, 1.165) is 5.56 Å². The van der Waals surface area contributed by atoms with Gasteiger partial charge >= 0.3 is 6.09 Å². The van der Waals surface area contributed by atoms with Crippen molar-refractivity contribution in [2.75, 3.05) is 13.2 Å². The van der Waals surface area contributed by atoms with Crippen LogP contribution in [0.25, 0.3) is 0 Å². The zero-order valence-electron chi connectivity index (χ0n) is 16.5. The molecule has 158 valence electrons. The van der Waals surface area contributed by atoms with E-state index in [1.807, 2.05) is 0 Å². The molecule has 0 fully saturated rings. The molecule has 0 saturated heterocycles. The van der Waals surface area contributed by atoms with Gasteiger partial charge in [-0.25, -0.2) is 4.79 Å². The Morgan fingerprint density at radius 2 is 1.52 bits per heavy atom. The smallest absolute Gasteiger partial charge is 0.408 e. The van der Waals surface area contributed by atoms with Crippen molar-refractivity contribution in [1.82, 2.24) is 5.32 Å².